The normalized spacial score (nSPS) is 16.3. The van der Waals surface area contributed by atoms with Crippen molar-refractivity contribution in [3.63, 3.8) is 0 Å². The van der Waals surface area contributed by atoms with Crippen molar-refractivity contribution in [2.75, 3.05) is 37.9 Å². The molecule has 2 aromatic rings. The Labute approximate surface area is 165 Å². The largest absolute Gasteiger partial charge is 0.399 e. The first-order chi connectivity index (χ1) is 13.0. The van der Waals surface area contributed by atoms with Crippen molar-refractivity contribution in [2.24, 2.45) is 0 Å². The summed E-state index contributed by atoms with van der Waals surface area (Å²) in [5, 5.41) is 0.459. The number of halogens is 1. The molecule has 0 bridgehead atoms. The Bertz CT molecular complexity index is 804. The van der Waals surface area contributed by atoms with Crippen molar-refractivity contribution >= 4 is 28.9 Å². The Kier molecular flexibility index (Phi) is 6.24. The van der Waals surface area contributed by atoms with Gasteiger partial charge in [-0.1, -0.05) is 23.7 Å². The standard InChI is InChI=1S/C21H26ClN3O2/c1-24(2)20-10-9-16(23)12-15(20)13-25(14-17-6-5-11-27-17)21(26)18-7-3-4-8-19(18)22/h3-4,7-10,12,17H,5-6,11,13-14,23H2,1-2H3/t17-/m1/s1. The smallest absolute Gasteiger partial charge is 0.255 e. The first-order valence-electron chi connectivity index (χ1n) is 9.17. The van der Waals surface area contributed by atoms with E-state index in [1.165, 1.54) is 0 Å². The van der Waals surface area contributed by atoms with Crippen molar-refractivity contribution < 1.29 is 9.53 Å². The fourth-order valence-electron chi connectivity index (χ4n) is 3.43. The third-order valence-corrected chi connectivity index (χ3v) is 5.12. The number of anilines is 2. The summed E-state index contributed by atoms with van der Waals surface area (Å²) in [6, 6.07) is 12.9. The predicted octanol–water partition coefficient (Wildman–Crippen LogP) is 3.81. The van der Waals surface area contributed by atoms with Crippen LogP contribution in [-0.4, -0.2) is 44.2 Å². The van der Waals surface area contributed by atoms with Gasteiger partial charge in [-0.15, -0.1) is 0 Å². The van der Waals surface area contributed by atoms with E-state index in [1.54, 1.807) is 12.1 Å². The Morgan fingerprint density at radius 2 is 2.04 bits per heavy atom. The molecule has 0 radical (unpaired) electrons. The summed E-state index contributed by atoms with van der Waals surface area (Å²) in [7, 11) is 3.96. The number of nitrogens with zero attached hydrogens (tertiary/aromatic N) is 2. The summed E-state index contributed by atoms with van der Waals surface area (Å²) < 4.78 is 5.78. The minimum absolute atomic E-state index is 0.0558. The molecule has 27 heavy (non-hydrogen) atoms. The van der Waals surface area contributed by atoms with E-state index in [2.05, 4.69) is 0 Å². The lowest BCUT2D eigenvalue weighted by molar-refractivity contribution is 0.0508. The number of hydrogen-bond donors (Lipinski definition) is 1. The van der Waals surface area contributed by atoms with Crippen LogP contribution in [0, 0.1) is 0 Å². The van der Waals surface area contributed by atoms with Gasteiger partial charge < -0.3 is 20.3 Å². The van der Waals surface area contributed by atoms with Crippen molar-refractivity contribution in [3.05, 3.63) is 58.6 Å². The highest BCUT2D eigenvalue weighted by atomic mass is 35.5. The second kappa shape index (κ2) is 8.63. The van der Waals surface area contributed by atoms with Gasteiger partial charge in [0.15, 0.2) is 0 Å². The number of hydrogen-bond acceptors (Lipinski definition) is 4. The van der Waals surface area contributed by atoms with Gasteiger partial charge in [0.05, 0.1) is 16.7 Å². The number of carbonyl (C=O) groups is 1. The fourth-order valence-corrected chi connectivity index (χ4v) is 3.65. The zero-order valence-corrected chi connectivity index (χ0v) is 16.6. The van der Waals surface area contributed by atoms with Crippen LogP contribution in [0.4, 0.5) is 11.4 Å². The Morgan fingerprint density at radius 3 is 2.70 bits per heavy atom. The lowest BCUT2D eigenvalue weighted by atomic mass is 10.1. The van der Waals surface area contributed by atoms with Crippen molar-refractivity contribution in [2.45, 2.75) is 25.5 Å². The van der Waals surface area contributed by atoms with Crippen LogP contribution >= 0.6 is 11.6 Å². The molecule has 1 aliphatic heterocycles. The fraction of sp³-hybridized carbons (Fsp3) is 0.381. The van der Waals surface area contributed by atoms with Crippen LogP contribution < -0.4 is 10.6 Å². The predicted molar refractivity (Wildman–Crippen MR) is 110 cm³/mol. The summed E-state index contributed by atoms with van der Waals surface area (Å²) in [4.78, 5) is 17.1. The zero-order valence-electron chi connectivity index (χ0n) is 15.8. The molecule has 1 amide bonds. The topological polar surface area (TPSA) is 58.8 Å². The lowest BCUT2D eigenvalue weighted by Gasteiger charge is -2.28. The first kappa shape index (κ1) is 19.5. The van der Waals surface area contributed by atoms with Crippen LogP contribution in [0.1, 0.15) is 28.8 Å². The van der Waals surface area contributed by atoms with E-state index in [1.807, 2.05) is 54.2 Å². The number of nitrogens with two attached hydrogens (primary N) is 1. The van der Waals surface area contributed by atoms with E-state index in [-0.39, 0.29) is 12.0 Å². The summed E-state index contributed by atoms with van der Waals surface area (Å²) >= 11 is 6.28. The quantitative estimate of drug-likeness (QED) is 0.766. The molecule has 6 heteroatoms. The molecule has 5 nitrogen and oxygen atoms in total. The van der Waals surface area contributed by atoms with Crippen LogP contribution in [0.5, 0.6) is 0 Å². The zero-order chi connectivity index (χ0) is 19.4. The highest BCUT2D eigenvalue weighted by molar-refractivity contribution is 6.33. The molecule has 2 aromatic carbocycles. The molecule has 0 aliphatic carbocycles. The molecule has 3 rings (SSSR count). The maximum Gasteiger partial charge on any atom is 0.255 e. The molecular formula is C21H26ClN3O2. The molecule has 1 aliphatic rings. The minimum atomic E-state index is -0.0942. The van der Waals surface area contributed by atoms with E-state index in [0.29, 0.717) is 29.4 Å². The summed E-state index contributed by atoms with van der Waals surface area (Å²) in [6.07, 6.45) is 2.05. The van der Waals surface area contributed by atoms with Gasteiger partial charge in [0.25, 0.3) is 5.91 Å². The van der Waals surface area contributed by atoms with Crippen LogP contribution in [0.25, 0.3) is 0 Å². The second-order valence-electron chi connectivity index (χ2n) is 7.08. The molecule has 144 valence electrons. The first-order valence-corrected chi connectivity index (χ1v) is 9.54. The van der Waals surface area contributed by atoms with E-state index in [4.69, 9.17) is 22.1 Å². The molecule has 0 unspecified atom stereocenters. The number of carbonyl (C=O) groups excluding carboxylic acids is 1. The highest BCUT2D eigenvalue weighted by Gasteiger charge is 2.25. The van der Waals surface area contributed by atoms with Crippen molar-refractivity contribution in [1.82, 2.24) is 4.90 Å². The summed E-state index contributed by atoms with van der Waals surface area (Å²) in [5.74, 6) is -0.0942. The van der Waals surface area contributed by atoms with Gasteiger partial charge in [-0.3, -0.25) is 4.79 Å². The number of amides is 1. The van der Waals surface area contributed by atoms with Gasteiger partial charge in [-0.25, -0.2) is 0 Å². The molecule has 0 aromatic heterocycles. The number of nitrogen functional groups attached to an aromatic ring is 1. The third-order valence-electron chi connectivity index (χ3n) is 4.79. The second-order valence-corrected chi connectivity index (χ2v) is 7.49. The molecule has 1 heterocycles. The average Bonchev–Trinajstić information content (AvgIpc) is 3.14. The molecule has 1 fully saturated rings. The molecule has 2 N–H and O–H groups in total. The van der Waals surface area contributed by atoms with Gasteiger partial charge in [-0.2, -0.15) is 0 Å². The molecule has 0 spiro atoms. The molecular weight excluding hydrogens is 362 g/mol. The van der Waals surface area contributed by atoms with Gasteiger partial charge >= 0.3 is 0 Å². The molecule has 1 saturated heterocycles. The summed E-state index contributed by atoms with van der Waals surface area (Å²) in [6.45, 7) is 1.73. The van der Waals surface area contributed by atoms with E-state index in [0.717, 1.165) is 30.7 Å². The highest BCUT2D eigenvalue weighted by Crippen LogP contribution is 2.26. The van der Waals surface area contributed by atoms with Crippen LogP contribution in [-0.2, 0) is 11.3 Å². The van der Waals surface area contributed by atoms with Crippen molar-refractivity contribution in [1.29, 1.82) is 0 Å². The van der Waals surface area contributed by atoms with Gasteiger partial charge in [0, 0.05) is 45.2 Å². The number of ether oxygens (including phenoxy) is 1. The Hall–Kier alpha value is -2.24. The van der Waals surface area contributed by atoms with Gasteiger partial charge in [0.2, 0.25) is 0 Å². The van der Waals surface area contributed by atoms with Crippen LogP contribution in [0.2, 0.25) is 5.02 Å². The molecule has 1 atom stereocenters. The van der Waals surface area contributed by atoms with E-state index in [9.17, 15) is 4.79 Å². The monoisotopic (exact) mass is 387 g/mol. The maximum atomic E-state index is 13.3. The van der Waals surface area contributed by atoms with Gasteiger partial charge in [0.1, 0.15) is 0 Å². The molecule has 0 saturated carbocycles. The van der Waals surface area contributed by atoms with E-state index >= 15 is 0 Å². The minimum Gasteiger partial charge on any atom is -0.399 e. The third kappa shape index (κ3) is 4.73. The van der Waals surface area contributed by atoms with Crippen molar-refractivity contribution in [3.8, 4) is 0 Å². The number of rotatable bonds is 6. The Balaban J connectivity index is 1.92. The van der Waals surface area contributed by atoms with Crippen LogP contribution in [0.3, 0.4) is 0 Å². The SMILES string of the molecule is CN(C)c1ccc(N)cc1CN(C[C@H]1CCCO1)C(=O)c1ccccc1Cl. The number of benzene rings is 2. The lowest BCUT2D eigenvalue weighted by Crippen LogP contribution is -2.37. The summed E-state index contributed by atoms with van der Waals surface area (Å²) in [5.41, 5.74) is 9.23. The maximum absolute atomic E-state index is 13.3. The van der Waals surface area contributed by atoms with Crippen LogP contribution in [0.15, 0.2) is 42.5 Å². The average molecular weight is 388 g/mol. The Morgan fingerprint density at radius 1 is 1.26 bits per heavy atom. The van der Waals surface area contributed by atoms with Gasteiger partial charge in [-0.05, 0) is 48.7 Å². The van der Waals surface area contributed by atoms with E-state index < -0.39 is 0 Å².